The second kappa shape index (κ2) is 39.3. The molecule has 11 rings (SSSR count). The number of carbonyl (C=O) groups is 2. The van der Waals surface area contributed by atoms with Crippen molar-refractivity contribution in [3.8, 4) is 23.0 Å². The number of carboxylic acid groups (broad SMARTS) is 2. The summed E-state index contributed by atoms with van der Waals surface area (Å²) >= 11 is 0. The Hall–Kier alpha value is -12.8. The summed E-state index contributed by atoms with van der Waals surface area (Å²) < 4.78 is 157. The highest BCUT2D eigenvalue weighted by molar-refractivity contribution is 7.86. The van der Waals surface area contributed by atoms with Crippen molar-refractivity contribution < 1.29 is 90.6 Å². The van der Waals surface area contributed by atoms with Crippen molar-refractivity contribution in [3.63, 3.8) is 0 Å². The maximum atomic E-state index is 11.8. The van der Waals surface area contributed by atoms with E-state index in [9.17, 15) is 71.7 Å². The number of ether oxygens (including phenoxy) is 4. The Kier molecular flexibility index (Phi) is 28.5. The van der Waals surface area contributed by atoms with Gasteiger partial charge in [0.2, 0.25) is 23.8 Å². The molecule has 1 aliphatic heterocycles. The van der Waals surface area contributed by atoms with Gasteiger partial charge in [-0.1, -0.05) is 60.7 Å². The molecule has 116 heavy (non-hydrogen) atoms. The molecule has 0 spiro atoms. The average molecular weight is 1660 g/mol. The van der Waals surface area contributed by atoms with Gasteiger partial charge in [-0.05, 0) is 123 Å². The van der Waals surface area contributed by atoms with Gasteiger partial charge in [-0.3, -0.25) is 18.2 Å². The molecule has 1 aliphatic rings. The second-order valence-electron chi connectivity index (χ2n) is 25.4. The number of hydrogen-bond acceptors (Lipinski definition) is 32. The Bertz CT molecular complexity index is 5430. The lowest BCUT2D eigenvalue weighted by atomic mass is 10.1. The highest BCUT2D eigenvalue weighted by atomic mass is 32.2. The van der Waals surface area contributed by atoms with Crippen molar-refractivity contribution >= 4 is 133 Å². The van der Waals surface area contributed by atoms with E-state index in [0.29, 0.717) is 33.9 Å². The first kappa shape index (κ1) is 84.1. The largest absolute Gasteiger partial charge is 0.493 e. The molecule has 0 saturated carbocycles. The van der Waals surface area contributed by atoms with Crippen LogP contribution in [-0.4, -0.2) is 180 Å². The highest BCUT2D eigenvalue weighted by Gasteiger charge is 2.26. The summed E-state index contributed by atoms with van der Waals surface area (Å²) in [5.74, 6) is -3.68. The third-order valence-electron chi connectivity index (χ3n) is 16.4. The minimum Gasteiger partial charge on any atom is -0.493 e. The summed E-state index contributed by atoms with van der Waals surface area (Å²) in [6.45, 7) is -0.0996. The van der Waals surface area contributed by atoms with Crippen LogP contribution in [0, 0.1) is 0 Å². The van der Waals surface area contributed by atoms with E-state index in [-0.39, 0.29) is 195 Å². The van der Waals surface area contributed by atoms with Gasteiger partial charge in [0, 0.05) is 74.4 Å². The molecule has 0 unspecified atom stereocenters. The van der Waals surface area contributed by atoms with Gasteiger partial charge in [-0.25, -0.2) is 14.6 Å². The van der Waals surface area contributed by atoms with Gasteiger partial charge in [0.15, 0.2) is 0 Å². The lowest BCUT2D eigenvalue weighted by molar-refractivity contribution is 0.0686. The number of carboxylic acids is 2. The normalized spacial score (nSPS) is 12.9. The van der Waals surface area contributed by atoms with Gasteiger partial charge < -0.3 is 49.6 Å². The van der Waals surface area contributed by atoms with Gasteiger partial charge in [0.1, 0.15) is 34.6 Å². The van der Waals surface area contributed by atoms with E-state index >= 15 is 0 Å². The molecule has 0 radical (unpaired) electrons. The number of hydrogen-bond donors (Lipinski definition) is 8. The number of piperazine rings is 1. The van der Waals surface area contributed by atoms with Crippen LogP contribution in [0.3, 0.4) is 0 Å². The number of azo groups is 4. The topological polar surface area (TPSA) is 536 Å². The smallest absolute Gasteiger partial charge is 0.335 e. The van der Waals surface area contributed by atoms with Crippen LogP contribution in [0.1, 0.15) is 69.2 Å². The number of aromatic nitrogens is 6. The van der Waals surface area contributed by atoms with Crippen LogP contribution in [0.4, 0.5) is 80.7 Å². The third kappa shape index (κ3) is 27.2. The molecule has 0 atom stereocenters. The van der Waals surface area contributed by atoms with Gasteiger partial charge in [0.25, 0.3) is 40.5 Å². The van der Waals surface area contributed by atoms with Gasteiger partial charge in [-0.15, -0.1) is 0 Å². The lowest BCUT2D eigenvalue weighted by Crippen LogP contribution is -2.48. The molecule has 3 heterocycles. The van der Waals surface area contributed by atoms with Gasteiger partial charge in [0.05, 0.1) is 117 Å². The summed E-state index contributed by atoms with van der Waals surface area (Å²) in [6, 6.07) is 48.5. The fraction of sp³-hybridized carbons (Fsp3) is 0.243. The molecule has 0 bridgehead atoms. The maximum Gasteiger partial charge on any atom is 0.335 e. The minimum absolute atomic E-state index is 0.0258. The summed E-state index contributed by atoms with van der Waals surface area (Å²) in [5, 5.41) is 60.1. The maximum absolute atomic E-state index is 11.8. The van der Waals surface area contributed by atoms with Crippen LogP contribution in [-0.2, 0) is 53.3 Å². The van der Waals surface area contributed by atoms with Crippen molar-refractivity contribution in [2.75, 3.05) is 96.1 Å². The van der Waals surface area contributed by atoms with Crippen LogP contribution in [0.2, 0.25) is 0 Å². The molecular weight excluding hydrogens is 1590 g/mol. The quantitative estimate of drug-likeness (QED) is 0.0100. The van der Waals surface area contributed by atoms with Crippen LogP contribution in [0.5, 0.6) is 23.0 Å². The predicted molar refractivity (Wildman–Crippen MR) is 425 cm³/mol. The van der Waals surface area contributed by atoms with Crippen molar-refractivity contribution in [2.24, 2.45) is 40.9 Å². The molecular formula is C74H74N18O20S4. The molecule has 38 nitrogen and oxygen atoms in total. The lowest BCUT2D eigenvalue weighted by Gasteiger charge is -2.35. The molecule has 1 fully saturated rings. The first-order valence-electron chi connectivity index (χ1n) is 35.4. The molecule has 0 amide bonds. The van der Waals surface area contributed by atoms with E-state index in [0.717, 1.165) is 0 Å². The number of nitrogens with zero attached hydrogens (tertiary/aromatic N) is 16. The Morgan fingerprint density at radius 1 is 0.345 bits per heavy atom. The van der Waals surface area contributed by atoms with Crippen molar-refractivity contribution in [1.29, 1.82) is 0 Å². The molecule has 42 heteroatoms. The van der Waals surface area contributed by atoms with E-state index in [1.54, 1.807) is 115 Å². The average Bonchev–Trinajstić information content (AvgIpc) is 0.799. The number of aromatic carboxylic acids is 2. The summed E-state index contributed by atoms with van der Waals surface area (Å²) in [4.78, 5) is 56.8. The molecule has 8 aromatic carbocycles. The Morgan fingerprint density at radius 2 is 0.647 bits per heavy atom. The molecule has 10 aromatic rings. The summed E-state index contributed by atoms with van der Waals surface area (Å²) in [7, 11) is -17.5. The number of anilines is 6. The second-order valence-corrected chi connectivity index (χ2v) is 31.7. The van der Waals surface area contributed by atoms with Crippen LogP contribution < -0.4 is 39.4 Å². The van der Waals surface area contributed by atoms with Crippen LogP contribution in [0.25, 0.3) is 0 Å². The Balaban J connectivity index is 0.959. The summed E-state index contributed by atoms with van der Waals surface area (Å²) in [5.41, 5.74) is 4.05. The number of nitrogens with one attached hydrogen (secondary N) is 2. The molecule has 8 N–H and O–H groups in total. The molecule has 1 saturated heterocycles. The van der Waals surface area contributed by atoms with Crippen LogP contribution >= 0.6 is 0 Å². The van der Waals surface area contributed by atoms with E-state index in [4.69, 9.17) is 48.9 Å². The van der Waals surface area contributed by atoms with Gasteiger partial charge in [-0.2, -0.15) is 99.5 Å². The summed E-state index contributed by atoms with van der Waals surface area (Å²) in [6.07, 6.45) is -0.580. The fourth-order valence-corrected chi connectivity index (χ4v) is 12.9. The van der Waals surface area contributed by atoms with Crippen molar-refractivity contribution in [3.05, 3.63) is 216 Å². The Morgan fingerprint density at radius 3 is 0.991 bits per heavy atom. The van der Waals surface area contributed by atoms with E-state index in [2.05, 4.69) is 51.5 Å². The zero-order valence-corrected chi connectivity index (χ0v) is 64.5. The number of benzene rings is 8. The minimum atomic E-state index is -4.40. The first-order valence-corrected chi connectivity index (χ1v) is 41.8. The zero-order chi connectivity index (χ0) is 82.2. The molecule has 2 aromatic heterocycles. The standard InChI is InChI=1S/C74H74N18O20S4/c93-69(94)51-13-7-19-55(41-51)85-89-58-24-22-50(64(46-58)110-34-10-38-114(100,101)102)44-68-77-67(43-49-21-23-57(87-83-53-15-3-1-4-16-53)45-63(49)109-33-9-37-113(97,98)99)78-73(79-68)91-29-31-92(32-30-91)74-81-71(75-61-27-25-59(88-84-54-17-5-2-6-18-54)47-65(61)111-35-11-39-115(103,104)105)80-72(82-74)76-62-28-26-60(48-66(62)112-36-12-40-116(106,107)108)90-86-56-20-8-14-52(42-56)70(95)96/h1-8,13-28,41-42,45-48H,9-12,29-40,43-44H2,(H,93,94)(H,95,96)(H,97,98,99)(H,100,101,102)(H,103,104,105)(H,106,107,108)(H2,75,76,80,81,82). The number of rotatable bonds is 40. The third-order valence-corrected chi connectivity index (χ3v) is 19.7. The highest BCUT2D eigenvalue weighted by Crippen LogP contribution is 2.38. The monoisotopic (exact) mass is 1660 g/mol. The van der Waals surface area contributed by atoms with Crippen LogP contribution in [0.15, 0.2) is 223 Å². The molecule has 604 valence electrons. The fourth-order valence-electron chi connectivity index (χ4n) is 11.0. The van der Waals surface area contributed by atoms with E-state index < -0.39 is 75.4 Å². The van der Waals surface area contributed by atoms with E-state index in [1.807, 2.05) is 21.9 Å². The SMILES string of the molecule is O=C(O)c1cccc(N=Nc2ccc(Cc3nc(Cc4ccc(N=Nc5ccccc5)cc4OCCCS(=O)(=O)O)nc(N4CCN(c5nc(Nc6ccc(N=Nc7ccccc7)cc6OCCCS(=O)(=O)O)nc(Nc6ccc(N=Nc7cccc(C(=O)O)c7)cc6OCCCS(=O)(=O)O)n5)CC4)n3)c(OCCCS(=O)(=O)O)c2)c1. The first-order chi connectivity index (χ1) is 55.5. The van der Waals surface area contributed by atoms with Crippen molar-refractivity contribution in [1.82, 2.24) is 29.9 Å². The van der Waals surface area contributed by atoms with E-state index in [1.165, 1.54) is 54.6 Å². The molecule has 0 aliphatic carbocycles. The van der Waals surface area contributed by atoms with Crippen molar-refractivity contribution in [2.45, 2.75) is 38.5 Å². The predicted octanol–water partition coefficient (Wildman–Crippen LogP) is 13.7. The zero-order valence-electron chi connectivity index (χ0n) is 61.2. The Labute approximate surface area is 664 Å². The van der Waals surface area contributed by atoms with Gasteiger partial charge >= 0.3 is 11.9 Å².